The van der Waals surface area contributed by atoms with Gasteiger partial charge in [0, 0.05) is 0 Å². The molecule has 0 aromatic rings. The zero-order chi connectivity index (χ0) is 10.9. The maximum Gasteiger partial charge on any atom is 0.359 e. The van der Waals surface area contributed by atoms with Crippen LogP contribution in [0, 0.1) is 0 Å². The van der Waals surface area contributed by atoms with Crippen LogP contribution in [0.1, 0.15) is 27.7 Å². The number of hydrogen-bond acceptors (Lipinski definition) is 3. The number of ether oxygens (including phenoxy) is 1. The number of carbonyl (C=O) groups excluding carboxylic acids is 1. The fraction of sp³-hybridized carbons (Fsp3) is 0.857. The molecular weight excluding hydrogens is 199 g/mol. The minimum Gasteiger partial charge on any atom is -0.457 e. The molecule has 0 amide bonds. The van der Waals surface area contributed by atoms with E-state index in [-0.39, 0.29) is 0 Å². The minimum atomic E-state index is -2.88. The highest BCUT2D eigenvalue weighted by Crippen LogP contribution is 2.20. The molecule has 0 radical (unpaired) electrons. The summed E-state index contributed by atoms with van der Waals surface area (Å²) < 4.78 is 36.5. The van der Waals surface area contributed by atoms with E-state index in [1.807, 2.05) is 0 Å². The molecule has 0 aromatic carbocycles. The molecule has 2 unspecified atom stereocenters. The lowest BCUT2D eigenvalue weighted by atomic mass is 10.2. The zero-order valence-electron chi connectivity index (χ0n) is 7.96. The molecule has 0 bridgehead atoms. The number of halogens is 1. The molecule has 0 aliphatic heterocycles. The normalized spacial score (nSPS) is 18.9. The molecule has 0 heterocycles. The van der Waals surface area contributed by atoms with Crippen molar-refractivity contribution >= 4 is 17.0 Å². The fourth-order valence-corrected chi connectivity index (χ4v) is 0.625. The van der Waals surface area contributed by atoms with Crippen molar-refractivity contribution < 1.29 is 22.7 Å². The Morgan fingerprint density at radius 1 is 1.38 bits per heavy atom. The Labute approximate surface area is 78.7 Å². The summed E-state index contributed by atoms with van der Waals surface area (Å²) in [6, 6.07) is 0. The Bertz CT molecular complexity index is 231. The molecule has 0 fully saturated rings. The first-order valence-electron chi connectivity index (χ1n) is 3.60. The molecule has 0 spiro atoms. The van der Waals surface area contributed by atoms with Gasteiger partial charge >= 0.3 is 11.0 Å². The summed E-state index contributed by atoms with van der Waals surface area (Å²) in [5.41, 5.74) is -0.871. The van der Waals surface area contributed by atoms with Crippen LogP contribution in [0.3, 0.4) is 0 Å². The Morgan fingerprint density at radius 2 is 1.77 bits per heavy atom. The first kappa shape index (κ1) is 12.5. The van der Waals surface area contributed by atoms with Gasteiger partial charge in [0.25, 0.3) is 0 Å². The first-order valence-corrected chi connectivity index (χ1v) is 4.71. The van der Waals surface area contributed by atoms with Gasteiger partial charge in [-0.3, -0.25) is 0 Å². The summed E-state index contributed by atoms with van der Waals surface area (Å²) in [5, 5.41) is -2.87. The van der Waals surface area contributed by atoms with Crippen LogP contribution in [0.2, 0.25) is 0 Å². The van der Waals surface area contributed by atoms with Gasteiger partial charge in [0.15, 0.2) is 0 Å². The molecule has 2 atom stereocenters. The number of rotatable bonds is 2. The van der Waals surface area contributed by atoms with E-state index >= 15 is 0 Å². The lowest BCUT2D eigenvalue weighted by molar-refractivity contribution is -0.162. The Morgan fingerprint density at radius 3 is 2.00 bits per heavy atom. The van der Waals surface area contributed by atoms with Gasteiger partial charge in [0.2, 0.25) is 11.1 Å². The predicted octanol–water partition coefficient (Wildman–Crippen LogP) is 1.24. The second-order valence-corrected chi connectivity index (χ2v) is 4.93. The van der Waals surface area contributed by atoms with E-state index in [4.69, 9.17) is 4.55 Å². The van der Waals surface area contributed by atoms with Crippen LogP contribution in [0.25, 0.3) is 0 Å². The molecule has 0 saturated heterocycles. The van der Waals surface area contributed by atoms with Gasteiger partial charge in [-0.1, -0.05) is 0 Å². The number of hydrogen-bond donors (Lipinski definition) is 1. The van der Waals surface area contributed by atoms with Crippen molar-refractivity contribution in [2.75, 3.05) is 0 Å². The highest BCUT2D eigenvalue weighted by molar-refractivity contribution is 7.81. The lowest BCUT2D eigenvalue weighted by Crippen LogP contribution is -2.40. The summed E-state index contributed by atoms with van der Waals surface area (Å²) in [5.74, 6) is -1.33. The molecule has 1 N–H and O–H groups in total. The van der Waals surface area contributed by atoms with Crippen molar-refractivity contribution in [2.45, 2.75) is 38.3 Å². The first-order chi connectivity index (χ1) is 5.57. The summed E-state index contributed by atoms with van der Waals surface area (Å²) in [7, 11) is 0. The van der Waals surface area contributed by atoms with Crippen LogP contribution >= 0.6 is 0 Å². The summed E-state index contributed by atoms with van der Waals surface area (Å²) in [4.78, 5) is 11.0. The van der Waals surface area contributed by atoms with Crippen LogP contribution in [0.15, 0.2) is 0 Å². The number of alkyl halides is 1. The molecular formula is C7H13FO4S. The second-order valence-electron chi connectivity index (χ2n) is 3.67. The molecule has 0 aromatic heterocycles. The molecule has 0 aliphatic rings. The summed E-state index contributed by atoms with van der Waals surface area (Å²) >= 11 is -2.88. The predicted molar refractivity (Wildman–Crippen MR) is 46.1 cm³/mol. The van der Waals surface area contributed by atoms with Gasteiger partial charge in [-0.15, -0.1) is 0 Å². The van der Waals surface area contributed by atoms with Crippen LogP contribution in [-0.2, 0) is 20.6 Å². The van der Waals surface area contributed by atoms with E-state index in [1.165, 1.54) is 0 Å². The SMILES string of the molecule is CC(C)(C)OC(=O)C(C)(F)S(=O)O. The smallest absolute Gasteiger partial charge is 0.359 e. The van der Waals surface area contributed by atoms with Crippen molar-refractivity contribution in [3.05, 3.63) is 0 Å². The average Bonchev–Trinajstić information content (AvgIpc) is 1.82. The quantitative estimate of drug-likeness (QED) is 0.552. The molecule has 13 heavy (non-hydrogen) atoms. The third kappa shape index (κ3) is 3.82. The molecule has 4 nitrogen and oxygen atoms in total. The number of carbonyl (C=O) groups is 1. The summed E-state index contributed by atoms with van der Waals surface area (Å²) in [6.07, 6.45) is 0. The monoisotopic (exact) mass is 212 g/mol. The zero-order valence-corrected chi connectivity index (χ0v) is 8.77. The van der Waals surface area contributed by atoms with Gasteiger partial charge in [-0.2, -0.15) is 0 Å². The molecule has 0 saturated carbocycles. The lowest BCUT2D eigenvalue weighted by Gasteiger charge is -2.23. The van der Waals surface area contributed by atoms with Crippen LogP contribution < -0.4 is 0 Å². The molecule has 0 rings (SSSR count). The standard InChI is InChI=1S/C7H13FO4S/c1-6(2,3)12-5(9)7(4,8)13(10)11/h1-4H3,(H,10,11). The van der Waals surface area contributed by atoms with E-state index in [1.54, 1.807) is 20.8 Å². The van der Waals surface area contributed by atoms with Gasteiger partial charge in [0.1, 0.15) is 5.60 Å². The van der Waals surface area contributed by atoms with E-state index < -0.39 is 27.7 Å². The molecule has 0 aliphatic carbocycles. The average molecular weight is 212 g/mol. The van der Waals surface area contributed by atoms with Gasteiger partial charge < -0.3 is 9.29 Å². The maximum atomic E-state index is 13.1. The Kier molecular flexibility index (Phi) is 3.57. The van der Waals surface area contributed by atoms with Crippen LogP contribution in [-0.4, -0.2) is 25.3 Å². The topological polar surface area (TPSA) is 63.6 Å². The van der Waals surface area contributed by atoms with Crippen molar-refractivity contribution in [3.8, 4) is 0 Å². The van der Waals surface area contributed by atoms with Crippen LogP contribution in [0.5, 0.6) is 0 Å². The van der Waals surface area contributed by atoms with Crippen molar-refractivity contribution in [3.63, 3.8) is 0 Å². The van der Waals surface area contributed by atoms with Gasteiger partial charge in [0.05, 0.1) is 0 Å². The second kappa shape index (κ2) is 3.71. The Balaban J connectivity index is 4.53. The highest BCUT2D eigenvalue weighted by Gasteiger charge is 2.43. The van der Waals surface area contributed by atoms with Crippen molar-refractivity contribution in [1.82, 2.24) is 0 Å². The maximum absolute atomic E-state index is 13.1. The van der Waals surface area contributed by atoms with E-state index in [0.29, 0.717) is 6.92 Å². The van der Waals surface area contributed by atoms with Gasteiger partial charge in [-0.05, 0) is 27.7 Å². The fourth-order valence-electron chi connectivity index (χ4n) is 0.441. The minimum absolute atomic E-state index is 0.706. The molecule has 6 heteroatoms. The van der Waals surface area contributed by atoms with E-state index in [2.05, 4.69) is 4.74 Å². The third-order valence-electron chi connectivity index (χ3n) is 1.09. The van der Waals surface area contributed by atoms with Crippen molar-refractivity contribution in [2.24, 2.45) is 0 Å². The van der Waals surface area contributed by atoms with Gasteiger partial charge in [-0.25, -0.2) is 13.4 Å². The summed E-state index contributed by atoms with van der Waals surface area (Å²) in [6.45, 7) is 5.33. The van der Waals surface area contributed by atoms with E-state index in [0.717, 1.165) is 0 Å². The largest absolute Gasteiger partial charge is 0.457 e. The van der Waals surface area contributed by atoms with Crippen molar-refractivity contribution in [1.29, 1.82) is 0 Å². The Hall–Kier alpha value is -0.490. The molecule has 78 valence electrons. The third-order valence-corrected chi connectivity index (χ3v) is 1.91. The van der Waals surface area contributed by atoms with E-state index in [9.17, 15) is 13.4 Å². The highest BCUT2D eigenvalue weighted by atomic mass is 32.2. The number of esters is 1. The van der Waals surface area contributed by atoms with Crippen LogP contribution in [0.4, 0.5) is 4.39 Å².